The van der Waals surface area contributed by atoms with E-state index in [1.54, 1.807) is 4.90 Å². The number of ketones is 2. The van der Waals surface area contributed by atoms with Crippen molar-refractivity contribution in [2.45, 2.75) is 38.3 Å². The number of rotatable bonds is 4. The van der Waals surface area contributed by atoms with Crippen LogP contribution in [0.25, 0.3) is 0 Å². The topological polar surface area (TPSA) is 80.8 Å². The highest BCUT2D eigenvalue weighted by Crippen LogP contribution is 2.26. The first kappa shape index (κ1) is 19.6. The normalized spacial score (nSPS) is 15.4. The van der Waals surface area contributed by atoms with E-state index >= 15 is 0 Å². The number of Topliss-reactive ketones (excluding diaryl/α,β-unsaturated/α-hetero) is 2. The molecule has 0 unspecified atom stereocenters. The maximum atomic E-state index is 13.0. The van der Waals surface area contributed by atoms with Crippen LogP contribution in [0, 0.1) is 11.8 Å². The number of benzene rings is 2. The minimum absolute atomic E-state index is 0.0979. The van der Waals surface area contributed by atoms with E-state index in [4.69, 9.17) is 4.74 Å². The second kappa shape index (κ2) is 8.34. The molecule has 0 radical (unpaired) electrons. The molecule has 0 aromatic heterocycles. The number of fused-ring (bicyclic) bond motifs is 2. The number of amides is 1. The van der Waals surface area contributed by atoms with Crippen LogP contribution in [0.2, 0.25) is 0 Å². The molecule has 0 saturated heterocycles. The Kier molecular flexibility index (Phi) is 5.44. The summed E-state index contributed by atoms with van der Waals surface area (Å²) in [6.07, 6.45) is -1.42. The summed E-state index contributed by atoms with van der Waals surface area (Å²) >= 11 is 0. The van der Waals surface area contributed by atoms with E-state index in [-0.39, 0.29) is 43.2 Å². The Morgan fingerprint density at radius 2 is 1.53 bits per heavy atom. The van der Waals surface area contributed by atoms with Crippen LogP contribution >= 0.6 is 0 Å². The summed E-state index contributed by atoms with van der Waals surface area (Å²) in [5.41, 5.74) is 3.17. The van der Waals surface area contributed by atoms with Gasteiger partial charge in [-0.2, -0.15) is 0 Å². The van der Waals surface area contributed by atoms with Crippen molar-refractivity contribution in [3.8, 4) is 11.8 Å². The Morgan fingerprint density at radius 1 is 0.900 bits per heavy atom. The van der Waals surface area contributed by atoms with E-state index in [9.17, 15) is 19.2 Å². The molecular weight excluding hydrogens is 382 g/mol. The van der Waals surface area contributed by atoms with Crippen molar-refractivity contribution in [1.29, 1.82) is 0 Å². The molecule has 4 rings (SSSR count). The summed E-state index contributed by atoms with van der Waals surface area (Å²) in [6.45, 7) is 0.329. The van der Waals surface area contributed by atoms with Crippen LogP contribution in [0.4, 0.5) is 5.69 Å². The van der Waals surface area contributed by atoms with Crippen molar-refractivity contribution in [3.05, 3.63) is 65.2 Å². The zero-order valence-corrected chi connectivity index (χ0v) is 16.2. The third-order valence-corrected chi connectivity index (χ3v) is 5.17. The molecule has 1 fully saturated rings. The minimum atomic E-state index is -1.31. The van der Waals surface area contributed by atoms with Gasteiger partial charge in [0.2, 0.25) is 12.0 Å². The fraction of sp³-hybridized carbons (Fsp3) is 0.250. The van der Waals surface area contributed by atoms with Gasteiger partial charge >= 0.3 is 5.97 Å². The summed E-state index contributed by atoms with van der Waals surface area (Å²) in [5, 5.41) is 0. The van der Waals surface area contributed by atoms with Crippen LogP contribution in [0.15, 0.2) is 48.5 Å². The van der Waals surface area contributed by atoms with E-state index in [0.717, 1.165) is 16.7 Å². The minimum Gasteiger partial charge on any atom is -0.446 e. The highest BCUT2D eigenvalue weighted by molar-refractivity contribution is 6.12. The second-order valence-electron chi connectivity index (χ2n) is 7.21. The van der Waals surface area contributed by atoms with Crippen molar-refractivity contribution < 1.29 is 23.9 Å². The molecule has 1 heterocycles. The third kappa shape index (κ3) is 4.01. The molecule has 2 aromatic carbocycles. The molecule has 0 atom stereocenters. The molecule has 1 saturated carbocycles. The first-order chi connectivity index (χ1) is 14.5. The number of ether oxygens (including phenoxy) is 1. The zero-order chi connectivity index (χ0) is 21.1. The Morgan fingerprint density at radius 3 is 2.30 bits per heavy atom. The van der Waals surface area contributed by atoms with Gasteiger partial charge in [-0.15, -0.1) is 0 Å². The molecule has 0 bridgehead atoms. The number of nitrogens with zero attached hydrogens (tertiary/aromatic N) is 1. The molecule has 1 aliphatic heterocycles. The van der Waals surface area contributed by atoms with Gasteiger partial charge in [0.25, 0.3) is 0 Å². The number of hydrogen-bond acceptors (Lipinski definition) is 5. The van der Waals surface area contributed by atoms with Gasteiger partial charge in [-0.3, -0.25) is 19.2 Å². The number of hydrogen-bond donors (Lipinski definition) is 0. The van der Waals surface area contributed by atoms with Crippen LogP contribution in [-0.2, 0) is 30.5 Å². The Labute approximate surface area is 173 Å². The van der Waals surface area contributed by atoms with Crippen molar-refractivity contribution in [2.75, 3.05) is 4.90 Å². The van der Waals surface area contributed by atoms with Crippen molar-refractivity contribution in [1.82, 2.24) is 0 Å². The summed E-state index contributed by atoms with van der Waals surface area (Å²) in [4.78, 5) is 50.1. The highest BCUT2D eigenvalue weighted by Gasteiger charge is 2.36. The fourth-order valence-electron chi connectivity index (χ4n) is 3.56. The van der Waals surface area contributed by atoms with Crippen LogP contribution in [0.3, 0.4) is 0 Å². The molecule has 6 heteroatoms. The molecule has 1 amide bonds. The van der Waals surface area contributed by atoms with Crippen molar-refractivity contribution in [3.63, 3.8) is 0 Å². The molecule has 30 heavy (non-hydrogen) atoms. The van der Waals surface area contributed by atoms with E-state index in [1.807, 2.05) is 48.5 Å². The van der Waals surface area contributed by atoms with Gasteiger partial charge in [-0.05, 0) is 23.8 Å². The number of esters is 1. The monoisotopic (exact) mass is 401 g/mol. The van der Waals surface area contributed by atoms with Crippen LogP contribution in [0.1, 0.15) is 42.4 Å². The predicted molar refractivity (Wildman–Crippen MR) is 108 cm³/mol. The summed E-state index contributed by atoms with van der Waals surface area (Å²) < 4.78 is 5.01. The number of carbonyl (C=O) groups is 4. The van der Waals surface area contributed by atoms with Gasteiger partial charge in [0.05, 0.1) is 18.7 Å². The lowest BCUT2D eigenvalue weighted by atomic mass is 10.0. The standard InChI is InChI=1S/C24H19NO5/c26-20-11-12-21(27)24(20)30-23(29)14-13-22(28)25-15-18-7-2-1-5-16(18)9-10-17-6-3-4-8-19(17)25/h1-8,24H,11-15H2. The lowest BCUT2D eigenvalue weighted by molar-refractivity contribution is -0.157. The predicted octanol–water partition coefficient (Wildman–Crippen LogP) is 2.56. The molecule has 6 nitrogen and oxygen atoms in total. The molecule has 0 spiro atoms. The van der Waals surface area contributed by atoms with Crippen molar-refractivity contribution in [2.24, 2.45) is 0 Å². The van der Waals surface area contributed by atoms with Gasteiger partial charge in [0, 0.05) is 30.4 Å². The summed E-state index contributed by atoms with van der Waals surface area (Å²) in [5.74, 6) is 4.52. The van der Waals surface area contributed by atoms with Gasteiger partial charge in [0.1, 0.15) is 0 Å². The Balaban J connectivity index is 1.51. The van der Waals surface area contributed by atoms with Gasteiger partial charge < -0.3 is 9.64 Å². The van der Waals surface area contributed by atoms with E-state index in [1.165, 1.54) is 0 Å². The lowest BCUT2D eigenvalue weighted by Crippen LogP contribution is -2.33. The van der Waals surface area contributed by atoms with Gasteiger partial charge in [-0.1, -0.05) is 42.2 Å². The maximum absolute atomic E-state index is 13.0. The highest BCUT2D eigenvalue weighted by atomic mass is 16.6. The quantitative estimate of drug-likeness (QED) is 0.447. The lowest BCUT2D eigenvalue weighted by Gasteiger charge is -2.26. The fourth-order valence-corrected chi connectivity index (χ4v) is 3.56. The summed E-state index contributed by atoms with van der Waals surface area (Å²) in [6, 6.07) is 15.0. The summed E-state index contributed by atoms with van der Waals surface area (Å²) in [7, 11) is 0. The smallest absolute Gasteiger partial charge is 0.307 e. The molecule has 1 aliphatic carbocycles. The molecule has 2 aliphatic rings. The largest absolute Gasteiger partial charge is 0.446 e. The molecule has 2 aromatic rings. The Bertz CT molecular complexity index is 1090. The maximum Gasteiger partial charge on any atom is 0.307 e. The average Bonchev–Trinajstić information content (AvgIpc) is 3.05. The number of carbonyl (C=O) groups excluding carboxylic acids is 4. The van der Waals surface area contributed by atoms with Gasteiger partial charge in [-0.25, -0.2) is 0 Å². The zero-order valence-electron chi connectivity index (χ0n) is 16.2. The molecule has 150 valence electrons. The average molecular weight is 401 g/mol. The van der Waals surface area contributed by atoms with Crippen LogP contribution in [0.5, 0.6) is 0 Å². The molecule has 0 N–H and O–H groups in total. The molecular formula is C24H19NO5. The first-order valence-electron chi connectivity index (χ1n) is 9.77. The number of para-hydroxylation sites is 1. The van der Waals surface area contributed by atoms with Crippen molar-refractivity contribution >= 4 is 29.1 Å². The third-order valence-electron chi connectivity index (χ3n) is 5.17. The first-order valence-corrected chi connectivity index (χ1v) is 9.77. The van der Waals surface area contributed by atoms with Crippen LogP contribution < -0.4 is 4.90 Å². The SMILES string of the molecule is O=C(CCC(=O)N1Cc2ccccc2C#Cc2ccccc21)OC1C(=O)CCC1=O. The van der Waals surface area contributed by atoms with Crippen LogP contribution in [-0.4, -0.2) is 29.5 Å². The Hall–Kier alpha value is -3.72. The second-order valence-corrected chi connectivity index (χ2v) is 7.21. The van der Waals surface area contributed by atoms with E-state index in [0.29, 0.717) is 12.2 Å². The van der Waals surface area contributed by atoms with E-state index in [2.05, 4.69) is 11.8 Å². The number of anilines is 1. The van der Waals surface area contributed by atoms with E-state index < -0.39 is 12.1 Å². The van der Waals surface area contributed by atoms with Gasteiger partial charge in [0.15, 0.2) is 11.6 Å².